The van der Waals surface area contributed by atoms with E-state index in [1.54, 1.807) is 0 Å². The second kappa shape index (κ2) is 8.34. The number of ether oxygens (including phenoxy) is 1. The van der Waals surface area contributed by atoms with E-state index in [9.17, 15) is 0 Å². The molecule has 0 amide bonds. The second-order valence-corrected chi connectivity index (χ2v) is 4.36. The lowest BCUT2D eigenvalue weighted by atomic mass is 10.3. The first-order chi connectivity index (χ1) is 7.36. The lowest BCUT2D eigenvalue weighted by Crippen LogP contribution is -2.42. The third-order valence-electron chi connectivity index (χ3n) is 2.78. The first-order valence-corrected chi connectivity index (χ1v) is 6.48. The maximum atomic E-state index is 5.78. The molecule has 0 atom stereocenters. The summed E-state index contributed by atoms with van der Waals surface area (Å²) < 4.78 is 5.33. The number of alkyl halides is 1. The zero-order valence-corrected chi connectivity index (χ0v) is 10.5. The van der Waals surface area contributed by atoms with Gasteiger partial charge in [0.2, 0.25) is 0 Å². The molecule has 3 nitrogen and oxygen atoms in total. The van der Waals surface area contributed by atoms with E-state index in [0.29, 0.717) is 0 Å². The lowest BCUT2D eigenvalue weighted by molar-refractivity contribution is 0.0336. The molecule has 0 N–H and O–H groups in total. The molecule has 0 saturated carbocycles. The summed E-state index contributed by atoms with van der Waals surface area (Å²) in [5, 5.41) is 0. The van der Waals surface area contributed by atoms with Crippen molar-refractivity contribution in [2.45, 2.75) is 13.3 Å². The van der Waals surface area contributed by atoms with E-state index in [1.165, 1.54) is 6.42 Å². The maximum absolute atomic E-state index is 5.78. The predicted molar refractivity (Wildman–Crippen MR) is 64.7 cm³/mol. The summed E-state index contributed by atoms with van der Waals surface area (Å²) in [5.74, 6) is 0.739. The molecule has 0 aromatic rings. The van der Waals surface area contributed by atoms with Gasteiger partial charge in [-0.25, -0.2) is 0 Å². The van der Waals surface area contributed by atoms with Crippen LogP contribution in [0.15, 0.2) is 0 Å². The van der Waals surface area contributed by atoms with Gasteiger partial charge in [0, 0.05) is 38.6 Å². The zero-order chi connectivity index (χ0) is 10.9. The predicted octanol–water partition coefficient (Wildman–Crippen LogP) is 1.27. The highest BCUT2D eigenvalue weighted by molar-refractivity contribution is 6.18. The summed E-state index contributed by atoms with van der Waals surface area (Å²) in [4.78, 5) is 4.92. The van der Waals surface area contributed by atoms with Crippen molar-refractivity contribution >= 4 is 11.6 Å². The van der Waals surface area contributed by atoms with Crippen LogP contribution >= 0.6 is 11.6 Å². The van der Waals surface area contributed by atoms with Gasteiger partial charge in [-0.15, -0.1) is 11.6 Å². The SMILES string of the molecule is CCCN(CCCl)CCN1CCOCC1. The minimum absolute atomic E-state index is 0.739. The van der Waals surface area contributed by atoms with Crippen LogP contribution in [0.4, 0.5) is 0 Å². The van der Waals surface area contributed by atoms with Gasteiger partial charge in [-0.2, -0.15) is 0 Å². The number of rotatable bonds is 7. The van der Waals surface area contributed by atoms with Crippen LogP contribution in [0.2, 0.25) is 0 Å². The van der Waals surface area contributed by atoms with Gasteiger partial charge in [0.25, 0.3) is 0 Å². The van der Waals surface area contributed by atoms with Gasteiger partial charge in [-0.3, -0.25) is 4.90 Å². The van der Waals surface area contributed by atoms with Gasteiger partial charge < -0.3 is 9.64 Å². The van der Waals surface area contributed by atoms with E-state index in [1.807, 2.05) is 0 Å². The van der Waals surface area contributed by atoms with Crippen molar-refractivity contribution in [1.29, 1.82) is 0 Å². The van der Waals surface area contributed by atoms with E-state index in [2.05, 4.69) is 16.7 Å². The van der Waals surface area contributed by atoms with Crippen LogP contribution in [0.1, 0.15) is 13.3 Å². The highest BCUT2D eigenvalue weighted by atomic mass is 35.5. The highest BCUT2D eigenvalue weighted by Crippen LogP contribution is 1.99. The number of hydrogen-bond donors (Lipinski definition) is 0. The van der Waals surface area contributed by atoms with Gasteiger partial charge in [-0.1, -0.05) is 6.92 Å². The molecule has 4 heteroatoms. The van der Waals surface area contributed by atoms with Crippen LogP contribution in [-0.2, 0) is 4.74 Å². The minimum Gasteiger partial charge on any atom is -0.379 e. The Labute approximate surface area is 98.3 Å². The van der Waals surface area contributed by atoms with E-state index in [-0.39, 0.29) is 0 Å². The molecule has 90 valence electrons. The van der Waals surface area contributed by atoms with Crippen LogP contribution in [0, 0.1) is 0 Å². The minimum atomic E-state index is 0.739. The van der Waals surface area contributed by atoms with Gasteiger partial charge in [0.15, 0.2) is 0 Å². The summed E-state index contributed by atoms with van der Waals surface area (Å²) in [6, 6.07) is 0. The van der Waals surface area contributed by atoms with E-state index < -0.39 is 0 Å². The van der Waals surface area contributed by atoms with Crippen LogP contribution in [0.5, 0.6) is 0 Å². The van der Waals surface area contributed by atoms with Crippen molar-refractivity contribution in [3.05, 3.63) is 0 Å². The first kappa shape index (κ1) is 13.2. The molecule has 0 spiro atoms. The third-order valence-corrected chi connectivity index (χ3v) is 2.95. The Kier molecular flexibility index (Phi) is 7.36. The summed E-state index contributed by atoms with van der Waals surface area (Å²) in [6.45, 7) is 10.6. The third kappa shape index (κ3) is 5.71. The van der Waals surface area contributed by atoms with Crippen LogP contribution in [-0.4, -0.2) is 68.2 Å². The summed E-state index contributed by atoms with van der Waals surface area (Å²) in [6.07, 6.45) is 1.21. The molecule has 1 saturated heterocycles. The Bertz CT molecular complexity index is 146. The molecule has 0 aromatic heterocycles. The average molecular weight is 235 g/mol. The van der Waals surface area contributed by atoms with Crippen molar-refractivity contribution in [1.82, 2.24) is 9.80 Å². The number of hydrogen-bond acceptors (Lipinski definition) is 3. The molecule has 1 aliphatic rings. The Morgan fingerprint density at radius 2 is 1.93 bits per heavy atom. The zero-order valence-electron chi connectivity index (χ0n) is 9.75. The largest absolute Gasteiger partial charge is 0.379 e. The summed E-state index contributed by atoms with van der Waals surface area (Å²) in [7, 11) is 0. The fraction of sp³-hybridized carbons (Fsp3) is 1.00. The molecule has 1 fully saturated rings. The molecule has 1 rings (SSSR count). The fourth-order valence-corrected chi connectivity index (χ4v) is 2.12. The molecule has 15 heavy (non-hydrogen) atoms. The van der Waals surface area contributed by atoms with Crippen molar-refractivity contribution in [3.8, 4) is 0 Å². The Morgan fingerprint density at radius 3 is 2.53 bits per heavy atom. The van der Waals surface area contributed by atoms with Gasteiger partial charge in [-0.05, 0) is 13.0 Å². The number of nitrogens with zero attached hydrogens (tertiary/aromatic N) is 2. The maximum Gasteiger partial charge on any atom is 0.0594 e. The quantitative estimate of drug-likeness (QED) is 0.617. The molecule has 0 unspecified atom stereocenters. The number of morpholine rings is 1. The van der Waals surface area contributed by atoms with E-state index >= 15 is 0 Å². The fourth-order valence-electron chi connectivity index (χ4n) is 1.88. The number of halogens is 1. The van der Waals surface area contributed by atoms with Crippen molar-refractivity contribution in [2.75, 3.05) is 58.4 Å². The Hall–Kier alpha value is 0.170. The molecule has 0 radical (unpaired) electrons. The monoisotopic (exact) mass is 234 g/mol. The molecule has 0 bridgehead atoms. The van der Waals surface area contributed by atoms with E-state index in [4.69, 9.17) is 16.3 Å². The average Bonchev–Trinajstić information content (AvgIpc) is 2.28. The molecule has 0 aromatic carbocycles. The van der Waals surface area contributed by atoms with E-state index in [0.717, 1.165) is 58.4 Å². The Morgan fingerprint density at radius 1 is 1.20 bits per heavy atom. The van der Waals surface area contributed by atoms with Gasteiger partial charge in [0.1, 0.15) is 0 Å². The normalized spacial score (nSPS) is 18.6. The van der Waals surface area contributed by atoms with Crippen molar-refractivity contribution in [2.24, 2.45) is 0 Å². The van der Waals surface area contributed by atoms with Crippen LogP contribution in [0.3, 0.4) is 0 Å². The molecular weight excluding hydrogens is 212 g/mol. The molecule has 0 aliphatic carbocycles. The summed E-state index contributed by atoms with van der Waals surface area (Å²) >= 11 is 5.78. The van der Waals surface area contributed by atoms with Crippen LogP contribution < -0.4 is 0 Å². The molecule has 1 heterocycles. The first-order valence-electron chi connectivity index (χ1n) is 5.95. The Balaban J connectivity index is 2.13. The standard InChI is InChI=1S/C11H23ClN2O/c1-2-4-13(5-3-12)6-7-14-8-10-15-11-9-14/h2-11H2,1H3. The van der Waals surface area contributed by atoms with Crippen LogP contribution in [0.25, 0.3) is 0 Å². The van der Waals surface area contributed by atoms with Crippen molar-refractivity contribution < 1.29 is 4.74 Å². The second-order valence-electron chi connectivity index (χ2n) is 3.98. The summed E-state index contributed by atoms with van der Waals surface area (Å²) in [5.41, 5.74) is 0. The smallest absolute Gasteiger partial charge is 0.0594 e. The molecule has 1 aliphatic heterocycles. The van der Waals surface area contributed by atoms with Crippen molar-refractivity contribution in [3.63, 3.8) is 0 Å². The highest BCUT2D eigenvalue weighted by Gasteiger charge is 2.11. The van der Waals surface area contributed by atoms with Gasteiger partial charge in [0.05, 0.1) is 13.2 Å². The van der Waals surface area contributed by atoms with Gasteiger partial charge >= 0.3 is 0 Å². The topological polar surface area (TPSA) is 15.7 Å². The lowest BCUT2D eigenvalue weighted by Gasteiger charge is -2.29. The molecular formula is C11H23ClN2O.